The van der Waals surface area contributed by atoms with Crippen LogP contribution in [0.15, 0.2) is 18.2 Å². The van der Waals surface area contributed by atoms with Crippen molar-refractivity contribution in [3.05, 3.63) is 24.0 Å². The van der Waals surface area contributed by atoms with E-state index in [1.54, 1.807) is 18.2 Å². The molecule has 0 atom stereocenters. The van der Waals surface area contributed by atoms with Crippen LogP contribution in [0.1, 0.15) is 5.82 Å². The smallest absolute Gasteiger partial charge is 0.401 e. The van der Waals surface area contributed by atoms with E-state index in [2.05, 4.69) is 20.4 Å². The number of aromatic nitrogens is 4. The minimum atomic E-state index is -4.29. The standard InChI is InChI=1S/C13H13F3N6O/c1-23-8-4-2-3-7-10(8)20-12(17)22-11(7)19-9(21-22)5-18-6-13(14,15)16/h2-4,18H,5-6H2,1H3,(H2,17,20). The van der Waals surface area contributed by atoms with Crippen LogP contribution in [0, 0.1) is 0 Å². The summed E-state index contributed by atoms with van der Waals surface area (Å²) in [6.45, 7) is -1.25. The minimum absolute atomic E-state index is 0.0755. The van der Waals surface area contributed by atoms with Crippen LogP contribution in [-0.2, 0) is 6.54 Å². The lowest BCUT2D eigenvalue weighted by Gasteiger charge is -2.06. The number of methoxy groups -OCH3 is 1. The molecule has 0 saturated carbocycles. The topological polar surface area (TPSA) is 90.4 Å². The molecule has 2 aromatic heterocycles. The molecule has 0 radical (unpaired) electrons. The first-order valence-corrected chi connectivity index (χ1v) is 6.64. The Bertz CT molecular complexity index is 860. The second kappa shape index (κ2) is 5.54. The molecule has 0 aliphatic carbocycles. The number of para-hydroxylation sites is 1. The number of nitrogens with zero attached hydrogens (tertiary/aromatic N) is 4. The van der Waals surface area contributed by atoms with Crippen molar-refractivity contribution < 1.29 is 17.9 Å². The molecule has 0 aliphatic rings. The maximum Gasteiger partial charge on any atom is 0.401 e. The number of halogens is 3. The minimum Gasteiger partial charge on any atom is -0.494 e. The molecule has 0 amide bonds. The number of nitrogens with two attached hydrogens (primary N) is 1. The van der Waals surface area contributed by atoms with Gasteiger partial charge in [-0.1, -0.05) is 6.07 Å². The van der Waals surface area contributed by atoms with Gasteiger partial charge < -0.3 is 15.8 Å². The number of ether oxygens (including phenoxy) is 1. The van der Waals surface area contributed by atoms with Gasteiger partial charge in [-0.15, -0.1) is 5.10 Å². The average molecular weight is 326 g/mol. The van der Waals surface area contributed by atoms with Gasteiger partial charge in [0.2, 0.25) is 5.95 Å². The van der Waals surface area contributed by atoms with Crippen molar-refractivity contribution in [2.45, 2.75) is 12.7 Å². The monoisotopic (exact) mass is 326 g/mol. The average Bonchev–Trinajstić information content (AvgIpc) is 2.90. The van der Waals surface area contributed by atoms with Gasteiger partial charge in [-0.3, -0.25) is 0 Å². The van der Waals surface area contributed by atoms with E-state index >= 15 is 0 Å². The molecule has 3 aromatic rings. The summed E-state index contributed by atoms with van der Waals surface area (Å²) in [7, 11) is 1.51. The van der Waals surface area contributed by atoms with Gasteiger partial charge in [0.05, 0.1) is 20.2 Å². The number of fused-ring (bicyclic) bond motifs is 3. The molecule has 2 heterocycles. The lowest BCUT2D eigenvalue weighted by atomic mass is 10.2. The summed E-state index contributed by atoms with van der Waals surface area (Å²) >= 11 is 0. The molecule has 0 spiro atoms. The highest BCUT2D eigenvalue weighted by molar-refractivity contribution is 5.95. The second-order valence-corrected chi connectivity index (χ2v) is 4.81. The van der Waals surface area contributed by atoms with E-state index in [1.807, 2.05) is 0 Å². The normalized spacial score (nSPS) is 12.2. The first kappa shape index (κ1) is 15.3. The summed E-state index contributed by atoms with van der Waals surface area (Å²) < 4.78 is 43.0. The van der Waals surface area contributed by atoms with E-state index < -0.39 is 12.7 Å². The molecule has 0 bridgehead atoms. The largest absolute Gasteiger partial charge is 0.494 e. The van der Waals surface area contributed by atoms with E-state index in [9.17, 15) is 13.2 Å². The number of hydrogen-bond acceptors (Lipinski definition) is 6. The van der Waals surface area contributed by atoms with Crippen molar-refractivity contribution in [1.29, 1.82) is 0 Å². The molecule has 0 unspecified atom stereocenters. The fraction of sp³-hybridized carbons (Fsp3) is 0.308. The van der Waals surface area contributed by atoms with E-state index in [4.69, 9.17) is 10.5 Å². The quantitative estimate of drug-likeness (QED) is 0.755. The predicted octanol–water partition coefficient (Wildman–Crippen LogP) is 1.52. The Hall–Kier alpha value is -2.62. The third-order valence-electron chi connectivity index (χ3n) is 3.16. The highest BCUT2D eigenvalue weighted by Gasteiger charge is 2.26. The van der Waals surface area contributed by atoms with Crippen molar-refractivity contribution in [2.24, 2.45) is 0 Å². The van der Waals surface area contributed by atoms with E-state index in [1.165, 1.54) is 11.6 Å². The zero-order valence-electron chi connectivity index (χ0n) is 12.1. The van der Waals surface area contributed by atoms with Gasteiger partial charge in [-0.05, 0) is 12.1 Å². The van der Waals surface area contributed by atoms with Crippen molar-refractivity contribution >= 4 is 22.5 Å². The van der Waals surface area contributed by atoms with Crippen LogP contribution in [0.4, 0.5) is 19.1 Å². The molecule has 122 valence electrons. The zero-order chi connectivity index (χ0) is 16.6. The molecule has 23 heavy (non-hydrogen) atoms. The van der Waals surface area contributed by atoms with Gasteiger partial charge in [0.15, 0.2) is 11.5 Å². The summed E-state index contributed by atoms with van der Waals surface area (Å²) in [5.74, 6) is 0.793. The van der Waals surface area contributed by atoms with E-state index in [0.717, 1.165) is 0 Å². The SMILES string of the molecule is COc1cccc2c1nc(N)n1nc(CNCC(F)(F)F)nc21. The summed E-state index contributed by atoms with van der Waals surface area (Å²) in [4.78, 5) is 8.46. The molecule has 0 saturated heterocycles. The van der Waals surface area contributed by atoms with Crippen molar-refractivity contribution in [2.75, 3.05) is 19.4 Å². The molecule has 1 aromatic carbocycles. The van der Waals surface area contributed by atoms with Crippen LogP contribution in [0.3, 0.4) is 0 Å². The van der Waals surface area contributed by atoms with Gasteiger partial charge in [0.1, 0.15) is 11.3 Å². The number of anilines is 1. The first-order chi connectivity index (χ1) is 10.9. The lowest BCUT2D eigenvalue weighted by Crippen LogP contribution is -2.28. The molecule has 0 fully saturated rings. The van der Waals surface area contributed by atoms with Gasteiger partial charge in [-0.2, -0.15) is 17.7 Å². The van der Waals surface area contributed by atoms with Crippen molar-refractivity contribution in [1.82, 2.24) is 24.9 Å². The fourth-order valence-corrected chi connectivity index (χ4v) is 2.22. The third-order valence-corrected chi connectivity index (χ3v) is 3.16. The van der Waals surface area contributed by atoms with Crippen LogP contribution in [0.5, 0.6) is 5.75 Å². The molecular formula is C13H13F3N6O. The van der Waals surface area contributed by atoms with Gasteiger partial charge in [0, 0.05) is 5.39 Å². The molecule has 7 nitrogen and oxygen atoms in total. The van der Waals surface area contributed by atoms with E-state index in [-0.39, 0.29) is 18.3 Å². The highest BCUT2D eigenvalue weighted by atomic mass is 19.4. The Kier molecular flexibility index (Phi) is 3.68. The summed E-state index contributed by atoms with van der Waals surface area (Å²) in [5.41, 5.74) is 6.78. The Balaban J connectivity index is 2.02. The van der Waals surface area contributed by atoms with Crippen LogP contribution in [0.2, 0.25) is 0 Å². The summed E-state index contributed by atoms with van der Waals surface area (Å²) in [5, 5.41) is 6.97. The zero-order valence-corrected chi connectivity index (χ0v) is 12.1. The summed E-state index contributed by atoms with van der Waals surface area (Å²) in [6.07, 6.45) is -4.29. The third kappa shape index (κ3) is 2.97. The van der Waals surface area contributed by atoms with Crippen molar-refractivity contribution in [3.8, 4) is 5.75 Å². The first-order valence-electron chi connectivity index (χ1n) is 6.64. The number of hydrogen-bond donors (Lipinski definition) is 2. The molecule has 3 N–H and O–H groups in total. The predicted molar refractivity (Wildman–Crippen MR) is 77.0 cm³/mol. The molecule has 3 rings (SSSR count). The Labute approximate surface area is 128 Å². The number of alkyl halides is 3. The molecule has 10 heteroatoms. The maximum atomic E-state index is 12.2. The number of nitrogens with one attached hydrogen (secondary N) is 1. The Morgan fingerprint density at radius 2 is 2.09 bits per heavy atom. The number of nitrogen functional groups attached to an aromatic ring is 1. The highest BCUT2D eigenvalue weighted by Crippen LogP contribution is 2.27. The number of benzene rings is 1. The second-order valence-electron chi connectivity index (χ2n) is 4.81. The van der Waals surface area contributed by atoms with Crippen LogP contribution in [-0.4, -0.2) is 39.4 Å². The van der Waals surface area contributed by atoms with Gasteiger partial charge >= 0.3 is 6.18 Å². The van der Waals surface area contributed by atoms with Crippen LogP contribution < -0.4 is 15.8 Å². The van der Waals surface area contributed by atoms with Crippen LogP contribution >= 0.6 is 0 Å². The van der Waals surface area contributed by atoms with Gasteiger partial charge in [-0.25, -0.2) is 9.97 Å². The van der Waals surface area contributed by atoms with Gasteiger partial charge in [0.25, 0.3) is 0 Å². The maximum absolute atomic E-state index is 12.2. The number of rotatable bonds is 4. The molecular weight excluding hydrogens is 313 g/mol. The Morgan fingerprint density at radius 1 is 1.30 bits per heavy atom. The molecule has 0 aliphatic heterocycles. The fourth-order valence-electron chi connectivity index (χ4n) is 2.22. The lowest BCUT2D eigenvalue weighted by molar-refractivity contribution is -0.125. The Morgan fingerprint density at radius 3 is 2.78 bits per heavy atom. The summed E-state index contributed by atoms with van der Waals surface area (Å²) in [6, 6.07) is 5.25. The van der Waals surface area contributed by atoms with E-state index in [0.29, 0.717) is 22.3 Å². The van der Waals surface area contributed by atoms with Crippen molar-refractivity contribution in [3.63, 3.8) is 0 Å². The van der Waals surface area contributed by atoms with Crippen LogP contribution in [0.25, 0.3) is 16.6 Å².